The number of nitrogens with zero attached hydrogens (tertiary/aromatic N) is 3. The Kier molecular flexibility index (Phi) is 5.59. The number of halogens is 2. The van der Waals surface area contributed by atoms with Crippen molar-refractivity contribution in [1.82, 2.24) is 9.97 Å². The summed E-state index contributed by atoms with van der Waals surface area (Å²) in [6, 6.07) is 8.20. The first-order chi connectivity index (χ1) is 10.0. The number of rotatable bonds is 5. The van der Waals surface area contributed by atoms with Crippen molar-refractivity contribution in [3.05, 3.63) is 52.0 Å². The molecule has 0 saturated carbocycles. The standard InChI is InChI=1S/C16H19BrClN3/c1-11(2)16-19-9-15(14(8-18)20-16)21(3)10-12-6-4-5-7-13(12)17/h4-7,9,11H,8,10H2,1-3H3. The summed E-state index contributed by atoms with van der Waals surface area (Å²) in [6.45, 7) is 4.94. The van der Waals surface area contributed by atoms with Crippen molar-refractivity contribution in [2.24, 2.45) is 0 Å². The first kappa shape index (κ1) is 16.2. The zero-order chi connectivity index (χ0) is 15.4. The van der Waals surface area contributed by atoms with Crippen LogP contribution in [0.1, 0.15) is 36.8 Å². The topological polar surface area (TPSA) is 29.0 Å². The molecule has 1 aromatic heterocycles. The number of hydrogen-bond acceptors (Lipinski definition) is 3. The molecule has 1 aromatic carbocycles. The maximum Gasteiger partial charge on any atom is 0.131 e. The highest BCUT2D eigenvalue weighted by molar-refractivity contribution is 9.10. The van der Waals surface area contributed by atoms with E-state index < -0.39 is 0 Å². The summed E-state index contributed by atoms with van der Waals surface area (Å²) in [4.78, 5) is 11.2. The van der Waals surface area contributed by atoms with Gasteiger partial charge in [-0.15, -0.1) is 11.6 Å². The molecule has 1 heterocycles. The molecule has 0 aliphatic carbocycles. The Morgan fingerprint density at radius 1 is 1.29 bits per heavy atom. The van der Waals surface area contributed by atoms with Crippen molar-refractivity contribution in [2.75, 3.05) is 11.9 Å². The van der Waals surface area contributed by atoms with E-state index in [0.29, 0.717) is 11.8 Å². The molecule has 0 fully saturated rings. The Morgan fingerprint density at radius 3 is 2.62 bits per heavy atom. The van der Waals surface area contributed by atoms with Crippen LogP contribution in [0.4, 0.5) is 5.69 Å². The molecular formula is C16H19BrClN3. The number of anilines is 1. The lowest BCUT2D eigenvalue weighted by Gasteiger charge is -2.22. The van der Waals surface area contributed by atoms with Crippen LogP contribution in [0.15, 0.2) is 34.9 Å². The van der Waals surface area contributed by atoms with Crippen LogP contribution >= 0.6 is 27.5 Å². The van der Waals surface area contributed by atoms with E-state index in [2.05, 4.69) is 50.7 Å². The van der Waals surface area contributed by atoms with Crippen LogP contribution in [0, 0.1) is 0 Å². The molecule has 0 saturated heterocycles. The number of benzene rings is 1. The second kappa shape index (κ2) is 7.23. The van der Waals surface area contributed by atoms with Crippen molar-refractivity contribution in [1.29, 1.82) is 0 Å². The molecule has 2 aromatic rings. The molecule has 21 heavy (non-hydrogen) atoms. The molecule has 0 N–H and O–H groups in total. The minimum atomic E-state index is 0.301. The number of aromatic nitrogens is 2. The first-order valence-electron chi connectivity index (χ1n) is 6.89. The fraction of sp³-hybridized carbons (Fsp3) is 0.375. The van der Waals surface area contributed by atoms with Crippen molar-refractivity contribution in [2.45, 2.75) is 32.2 Å². The van der Waals surface area contributed by atoms with Gasteiger partial charge in [-0.1, -0.05) is 48.0 Å². The van der Waals surface area contributed by atoms with Gasteiger partial charge in [0, 0.05) is 24.0 Å². The van der Waals surface area contributed by atoms with Gasteiger partial charge >= 0.3 is 0 Å². The molecule has 0 radical (unpaired) electrons. The van der Waals surface area contributed by atoms with Crippen molar-refractivity contribution in [3.63, 3.8) is 0 Å². The average molecular weight is 369 g/mol. The van der Waals surface area contributed by atoms with Crippen LogP contribution in [0.3, 0.4) is 0 Å². The van der Waals surface area contributed by atoms with E-state index in [9.17, 15) is 0 Å². The average Bonchev–Trinajstić information content (AvgIpc) is 2.48. The van der Waals surface area contributed by atoms with E-state index in [4.69, 9.17) is 11.6 Å². The summed E-state index contributed by atoms with van der Waals surface area (Å²) in [5.74, 6) is 1.52. The number of hydrogen-bond donors (Lipinski definition) is 0. The molecule has 112 valence electrons. The largest absolute Gasteiger partial charge is 0.367 e. The molecule has 0 bridgehead atoms. The quantitative estimate of drug-likeness (QED) is 0.714. The van der Waals surface area contributed by atoms with Crippen LogP contribution in [-0.4, -0.2) is 17.0 Å². The highest BCUT2D eigenvalue weighted by Gasteiger charge is 2.13. The van der Waals surface area contributed by atoms with E-state index >= 15 is 0 Å². The highest BCUT2D eigenvalue weighted by Crippen LogP contribution is 2.24. The van der Waals surface area contributed by atoms with E-state index in [-0.39, 0.29) is 0 Å². The molecule has 2 rings (SSSR count). The van der Waals surface area contributed by atoms with Gasteiger partial charge in [-0.05, 0) is 11.6 Å². The van der Waals surface area contributed by atoms with E-state index in [1.165, 1.54) is 5.56 Å². The van der Waals surface area contributed by atoms with Crippen LogP contribution in [-0.2, 0) is 12.4 Å². The minimum Gasteiger partial charge on any atom is -0.367 e. The summed E-state index contributed by atoms with van der Waals surface area (Å²) in [6.07, 6.45) is 1.87. The lowest BCUT2D eigenvalue weighted by molar-refractivity contribution is 0.758. The van der Waals surface area contributed by atoms with Gasteiger partial charge in [0.2, 0.25) is 0 Å². The maximum absolute atomic E-state index is 6.06. The maximum atomic E-state index is 6.06. The van der Waals surface area contributed by atoms with E-state index in [0.717, 1.165) is 28.2 Å². The zero-order valence-electron chi connectivity index (χ0n) is 12.5. The molecule has 0 aliphatic heterocycles. The van der Waals surface area contributed by atoms with Crippen LogP contribution in [0.5, 0.6) is 0 Å². The molecule has 5 heteroatoms. The number of alkyl halides is 1. The Hall–Kier alpha value is -1.13. The summed E-state index contributed by atoms with van der Waals surface area (Å²) in [5.41, 5.74) is 3.07. The third kappa shape index (κ3) is 3.95. The second-order valence-corrected chi connectivity index (χ2v) is 6.42. The van der Waals surface area contributed by atoms with Gasteiger partial charge in [-0.25, -0.2) is 9.97 Å². The van der Waals surface area contributed by atoms with Crippen molar-refractivity contribution in [3.8, 4) is 0 Å². The van der Waals surface area contributed by atoms with Crippen molar-refractivity contribution < 1.29 is 0 Å². The molecule has 0 amide bonds. The predicted molar refractivity (Wildman–Crippen MR) is 91.9 cm³/mol. The van der Waals surface area contributed by atoms with E-state index in [1.54, 1.807) is 0 Å². The van der Waals surface area contributed by atoms with Gasteiger partial charge in [-0.3, -0.25) is 0 Å². The van der Waals surface area contributed by atoms with Crippen molar-refractivity contribution >= 4 is 33.2 Å². The lowest BCUT2D eigenvalue weighted by Crippen LogP contribution is -2.19. The van der Waals surface area contributed by atoms with Gasteiger partial charge < -0.3 is 4.90 Å². The Labute approximate surface area is 139 Å². The van der Waals surface area contributed by atoms with Gasteiger partial charge in [0.25, 0.3) is 0 Å². The Bertz CT molecular complexity index is 616. The zero-order valence-corrected chi connectivity index (χ0v) is 14.8. The molecular weight excluding hydrogens is 350 g/mol. The third-order valence-corrected chi connectivity index (χ3v) is 4.31. The summed E-state index contributed by atoms with van der Waals surface area (Å²) in [7, 11) is 2.03. The third-order valence-electron chi connectivity index (χ3n) is 3.28. The van der Waals surface area contributed by atoms with E-state index in [1.807, 2.05) is 31.4 Å². The fourth-order valence-corrected chi connectivity index (χ4v) is 2.70. The lowest BCUT2D eigenvalue weighted by atomic mass is 10.2. The second-order valence-electron chi connectivity index (χ2n) is 5.30. The normalized spacial score (nSPS) is 11.0. The molecule has 0 unspecified atom stereocenters. The van der Waals surface area contributed by atoms with Gasteiger partial charge in [0.1, 0.15) is 5.82 Å². The van der Waals surface area contributed by atoms with Crippen LogP contribution in [0.2, 0.25) is 0 Å². The first-order valence-corrected chi connectivity index (χ1v) is 8.22. The molecule has 0 spiro atoms. The molecule has 0 atom stereocenters. The SMILES string of the molecule is CC(C)c1ncc(N(C)Cc2ccccc2Br)c(CCl)n1. The van der Waals surface area contributed by atoms with Gasteiger partial charge in [0.15, 0.2) is 0 Å². The Morgan fingerprint density at radius 2 is 2.00 bits per heavy atom. The Balaban J connectivity index is 2.26. The molecule has 0 aliphatic rings. The summed E-state index contributed by atoms with van der Waals surface area (Å²) in [5, 5.41) is 0. The summed E-state index contributed by atoms with van der Waals surface area (Å²) >= 11 is 9.64. The van der Waals surface area contributed by atoms with Crippen LogP contribution in [0.25, 0.3) is 0 Å². The monoisotopic (exact) mass is 367 g/mol. The highest BCUT2D eigenvalue weighted by atomic mass is 79.9. The van der Waals surface area contributed by atoms with Crippen LogP contribution < -0.4 is 4.90 Å². The van der Waals surface area contributed by atoms with Gasteiger partial charge in [0.05, 0.1) is 23.5 Å². The van der Waals surface area contributed by atoms with Gasteiger partial charge in [-0.2, -0.15) is 0 Å². The predicted octanol–water partition coefficient (Wildman–Crippen LogP) is 4.74. The minimum absolute atomic E-state index is 0.301. The fourth-order valence-electron chi connectivity index (χ4n) is 2.09. The molecule has 3 nitrogen and oxygen atoms in total. The summed E-state index contributed by atoms with van der Waals surface area (Å²) < 4.78 is 1.10. The smallest absolute Gasteiger partial charge is 0.131 e.